The fourth-order valence-electron chi connectivity index (χ4n) is 1.79. The molecule has 1 N–H and O–H groups in total. The normalized spacial score (nSPS) is 10.6. The Kier molecular flexibility index (Phi) is 3.49. The van der Waals surface area contributed by atoms with Crippen LogP contribution in [0.25, 0.3) is 5.69 Å². The minimum Gasteiger partial charge on any atom is -0.454 e. The van der Waals surface area contributed by atoms with Gasteiger partial charge in [-0.05, 0) is 46.9 Å². The number of nitrogens with zero attached hydrogens (tertiary/aromatic N) is 3. The Hall–Kier alpha value is -1.83. The smallest absolute Gasteiger partial charge is 0.164 e. The summed E-state index contributed by atoms with van der Waals surface area (Å²) in [5.74, 6) is 0.901. The Bertz CT molecular complexity index is 663. The molecule has 0 spiro atoms. The minimum atomic E-state index is 0.634. The molecule has 3 aromatic rings. The lowest BCUT2D eigenvalue weighted by atomic mass is 10.2. The van der Waals surface area contributed by atoms with E-state index in [-0.39, 0.29) is 0 Å². The van der Waals surface area contributed by atoms with Crippen LogP contribution in [0.2, 0.25) is 0 Å². The van der Waals surface area contributed by atoms with Gasteiger partial charge in [0.1, 0.15) is 5.76 Å². The van der Waals surface area contributed by atoms with Crippen molar-refractivity contribution in [3.63, 3.8) is 0 Å². The van der Waals surface area contributed by atoms with Crippen LogP contribution in [0.5, 0.6) is 0 Å². The van der Waals surface area contributed by atoms with Gasteiger partial charge in [0.05, 0.1) is 30.3 Å². The third-order valence-corrected chi connectivity index (χ3v) is 3.24. The van der Waals surface area contributed by atoms with Crippen LogP contribution < -0.4 is 5.32 Å². The van der Waals surface area contributed by atoms with Crippen LogP contribution in [0, 0.1) is 3.77 Å². The zero-order chi connectivity index (χ0) is 13.1. The van der Waals surface area contributed by atoms with Crippen LogP contribution in [0.15, 0.2) is 53.2 Å². The average molecular weight is 366 g/mol. The van der Waals surface area contributed by atoms with E-state index >= 15 is 0 Å². The van der Waals surface area contributed by atoms with Gasteiger partial charge in [0.25, 0.3) is 0 Å². The number of hydrogen-bond donors (Lipinski definition) is 1. The van der Waals surface area contributed by atoms with Crippen molar-refractivity contribution in [1.82, 2.24) is 15.0 Å². The minimum absolute atomic E-state index is 0.634. The highest BCUT2D eigenvalue weighted by atomic mass is 127. The van der Waals surface area contributed by atoms with Crippen molar-refractivity contribution in [2.75, 3.05) is 5.32 Å². The van der Waals surface area contributed by atoms with E-state index in [0.717, 1.165) is 20.9 Å². The molecule has 6 heteroatoms. The second-order valence-electron chi connectivity index (χ2n) is 3.92. The number of hydrogen-bond acceptors (Lipinski definition) is 4. The lowest BCUT2D eigenvalue weighted by molar-refractivity contribution is 0.493. The van der Waals surface area contributed by atoms with Crippen molar-refractivity contribution < 1.29 is 4.42 Å². The van der Waals surface area contributed by atoms with E-state index in [1.807, 2.05) is 42.6 Å². The van der Waals surface area contributed by atoms with Gasteiger partial charge in [-0.1, -0.05) is 17.3 Å². The summed E-state index contributed by atoms with van der Waals surface area (Å²) in [6, 6.07) is 11.9. The summed E-state index contributed by atoms with van der Waals surface area (Å²) in [4.78, 5) is 0. The van der Waals surface area contributed by atoms with Gasteiger partial charge in [-0.3, -0.25) is 0 Å². The molecule has 0 bridgehead atoms. The second kappa shape index (κ2) is 5.43. The molecule has 0 atom stereocenters. The Morgan fingerprint density at radius 2 is 2.11 bits per heavy atom. The Labute approximate surface area is 123 Å². The van der Waals surface area contributed by atoms with Crippen molar-refractivity contribution >= 4 is 28.3 Å². The first-order valence-corrected chi connectivity index (χ1v) is 6.84. The van der Waals surface area contributed by atoms with Gasteiger partial charge in [0.2, 0.25) is 0 Å². The summed E-state index contributed by atoms with van der Waals surface area (Å²) in [5, 5.41) is 11.2. The molecule has 19 heavy (non-hydrogen) atoms. The van der Waals surface area contributed by atoms with Gasteiger partial charge in [0, 0.05) is 0 Å². The number of benzene rings is 1. The van der Waals surface area contributed by atoms with Crippen LogP contribution in [0.4, 0.5) is 5.69 Å². The predicted molar refractivity (Wildman–Crippen MR) is 80.1 cm³/mol. The topological polar surface area (TPSA) is 55.9 Å². The van der Waals surface area contributed by atoms with Gasteiger partial charge >= 0.3 is 0 Å². The van der Waals surface area contributed by atoms with Gasteiger partial charge in [-0.2, -0.15) is 0 Å². The lowest BCUT2D eigenvalue weighted by Crippen LogP contribution is -2.04. The molecule has 0 saturated heterocycles. The Balaban J connectivity index is 1.81. The molecular formula is C13H11IN4O. The fraction of sp³-hybridized carbons (Fsp3) is 0.0769. The fourth-order valence-corrected chi connectivity index (χ4v) is 2.25. The number of para-hydroxylation sites is 2. The molecule has 0 aliphatic heterocycles. The summed E-state index contributed by atoms with van der Waals surface area (Å²) >= 11 is 2.15. The Morgan fingerprint density at radius 1 is 1.21 bits per heavy atom. The lowest BCUT2D eigenvalue weighted by Gasteiger charge is -2.10. The van der Waals surface area contributed by atoms with Crippen LogP contribution in [0.1, 0.15) is 5.76 Å². The van der Waals surface area contributed by atoms with Crippen LogP contribution >= 0.6 is 22.6 Å². The van der Waals surface area contributed by atoms with Crippen molar-refractivity contribution in [2.45, 2.75) is 6.54 Å². The molecule has 0 aliphatic rings. The van der Waals surface area contributed by atoms with Gasteiger partial charge in [-0.15, -0.1) is 5.10 Å². The number of furan rings is 1. The Morgan fingerprint density at radius 3 is 2.84 bits per heavy atom. The first-order valence-electron chi connectivity index (χ1n) is 5.77. The monoisotopic (exact) mass is 366 g/mol. The number of halogens is 1. The summed E-state index contributed by atoms with van der Waals surface area (Å²) in [6.07, 6.45) is 3.47. The molecule has 0 saturated carbocycles. The van der Waals surface area contributed by atoms with Crippen molar-refractivity contribution in [3.05, 3.63) is 58.3 Å². The van der Waals surface area contributed by atoms with E-state index in [4.69, 9.17) is 4.42 Å². The standard InChI is InChI=1S/C13H11IN4O/c14-13-6-5-10(19-13)9-15-11-3-1-2-4-12(11)18-8-7-16-17-18/h1-8,15H,9H2. The third-order valence-electron chi connectivity index (χ3n) is 2.66. The van der Waals surface area contributed by atoms with Crippen LogP contribution in [0.3, 0.4) is 0 Å². The molecule has 3 rings (SSSR count). The molecule has 0 radical (unpaired) electrons. The number of rotatable bonds is 4. The van der Waals surface area contributed by atoms with E-state index in [9.17, 15) is 0 Å². The zero-order valence-electron chi connectivity index (χ0n) is 9.95. The van der Waals surface area contributed by atoms with E-state index in [0.29, 0.717) is 6.54 Å². The molecule has 0 unspecified atom stereocenters. The molecule has 5 nitrogen and oxygen atoms in total. The summed E-state index contributed by atoms with van der Waals surface area (Å²) in [5.41, 5.74) is 1.95. The summed E-state index contributed by atoms with van der Waals surface area (Å²) in [7, 11) is 0. The third kappa shape index (κ3) is 2.78. The summed E-state index contributed by atoms with van der Waals surface area (Å²) < 4.78 is 8.14. The average Bonchev–Trinajstić information content (AvgIpc) is 3.08. The van der Waals surface area contributed by atoms with E-state index < -0.39 is 0 Å². The molecule has 0 aliphatic carbocycles. The molecule has 0 fully saturated rings. The number of nitrogens with one attached hydrogen (secondary N) is 1. The van der Waals surface area contributed by atoms with E-state index in [2.05, 4.69) is 38.2 Å². The largest absolute Gasteiger partial charge is 0.454 e. The van der Waals surface area contributed by atoms with Crippen molar-refractivity contribution in [3.8, 4) is 5.69 Å². The molecule has 2 aromatic heterocycles. The van der Waals surface area contributed by atoms with Gasteiger partial charge in [-0.25, -0.2) is 4.68 Å². The maximum Gasteiger partial charge on any atom is 0.164 e. The number of aromatic nitrogens is 3. The molecular weight excluding hydrogens is 355 g/mol. The maximum absolute atomic E-state index is 5.53. The number of anilines is 1. The highest BCUT2D eigenvalue weighted by molar-refractivity contribution is 14.1. The molecule has 2 heterocycles. The van der Waals surface area contributed by atoms with Gasteiger partial charge < -0.3 is 9.73 Å². The van der Waals surface area contributed by atoms with E-state index in [1.54, 1.807) is 10.9 Å². The van der Waals surface area contributed by atoms with Gasteiger partial charge in [0.15, 0.2) is 3.77 Å². The van der Waals surface area contributed by atoms with Crippen LogP contribution in [-0.2, 0) is 6.54 Å². The van der Waals surface area contributed by atoms with Crippen LogP contribution in [-0.4, -0.2) is 15.0 Å². The summed E-state index contributed by atoms with van der Waals surface area (Å²) in [6.45, 7) is 0.634. The second-order valence-corrected chi connectivity index (χ2v) is 4.99. The van der Waals surface area contributed by atoms with E-state index in [1.165, 1.54) is 0 Å². The van der Waals surface area contributed by atoms with Crippen molar-refractivity contribution in [1.29, 1.82) is 0 Å². The molecule has 96 valence electrons. The highest BCUT2D eigenvalue weighted by Crippen LogP contribution is 2.20. The first kappa shape index (κ1) is 12.2. The van der Waals surface area contributed by atoms with Crippen molar-refractivity contribution in [2.24, 2.45) is 0 Å². The maximum atomic E-state index is 5.53. The quantitative estimate of drug-likeness (QED) is 0.722. The molecule has 0 amide bonds. The highest BCUT2D eigenvalue weighted by Gasteiger charge is 2.05. The predicted octanol–water partition coefficient (Wildman–Crippen LogP) is 3.08. The first-order chi connectivity index (χ1) is 9.33. The zero-order valence-corrected chi connectivity index (χ0v) is 12.1. The SMILES string of the molecule is Ic1ccc(CNc2ccccc2-n2ccnn2)o1. The molecule has 1 aromatic carbocycles.